The second-order valence-corrected chi connectivity index (χ2v) is 3.14. The molecule has 9 heavy (non-hydrogen) atoms. The van der Waals surface area contributed by atoms with E-state index in [4.69, 9.17) is 5.84 Å². The number of nitrogens with one attached hydrogen (secondary N) is 1. The summed E-state index contributed by atoms with van der Waals surface area (Å²) >= 11 is 0. The maximum Gasteiger partial charge on any atom is 0.0213 e. The first-order valence-electron chi connectivity index (χ1n) is 3.79. The fourth-order valence-electron chi connectivity index (χ4n) is 1.59. The van der Waals surface area contributed by atoms with Crippen molar-refractivity contribution in [2.75, 3.05) is 0 Å². The summed E-state index contributed by atoms with van der Waals surface area (Å²) < 4.78 is 0. The molecule has 1 aliphatic carbocycles. The summed E-state index contributed by atoms with van der Waals surface area (Å²) in [4.78, 5) is 0. The van der Waals surface area contributed by atoms with Gasteiger partial charge in [0.2, 0.25) is 0 Å². The van der Waals surface area contributed by atoms with E-state index in [-0.39, 0.29) is 0 Å². The number of hydrazine groups is 1. The molecule has 2 unspecified atom stereocenters. The molecule has 0 radical (unpaired) electrons. The third-order valence-electron chi connectivity index (χ3n) is 2.17. The molecule has 54 valence electrons. The van der Waals surface area contributed by atoms with Gasteiger partial charge in [0.25, 0.3) is 0 Å². The van der Waals surface area contributed by atoms with Crippen molar-refractivity contribution in [1.29, 1.82) is 0 Å². The lowest BCUT2D eigenvalue weighted by molar-refractivity contribution is 0.304. The quantitative estimate of drug-likeness (QED) is 0.409. The van der Waals surface area contributed by atoms with Crippen molar-refractivity contribution in [2.45, 2.75) is 38.6 Å². The lowest BCUT2D eigenvalue weighted by Gasteiger charge is -2.25. The van der Waals surface area contributed by atoms with Crippen molar-refractivity contribution in [1.82, 2.24) is 5.43 Å². The largest absolute Gasteiger partial charge is 0.271 e. The minimum absolute atomic E-state index is 0.591. The van der Waals surface area contributed by atoms with Gasteiger partial charge in [-0.15, -0.1) is 0 Å². The molecule has 0 aliphatic heterocycles. The van der Waals surface area contributed by atoms with Gasteiger partial charge in [-0.1, -0.05) is 19.8 Å². The average Bonchev–Trinajstić information content (AvgIpc) is 1.88. The SMILES string of the molecule is CC1CCCC(NN)C1. The fourth-order valence-corrected chi connectivity index (χ4v) is 1.59. The number of rotatable bonds is 1. The Morgan fingerprint density at radius 1 is 1.44 bits per heavy atom. The Bertz CT molecular complexity index is 83.0. The van der Waals surface area contributed by atoms with Crippen molar-refractivity contribution in [3.63, 3.8) is 0 Å². The van der Waals surface area contributed by atoms with Gasteiger partial charge >= 0.3 is 0 Å². The molecule has 0 aromatic rings. The van der Waals surface area contributed by atoms with E-state index >= 15 is 0 Å². The highest BCUT2D eigenvalue weighted by Crippen LogP contribution is 2.22. The minimum atomic E-state index is 0.591. The Hall–Kier alpha value is -0.0800. The van der Waals surface area contributed by atoms with Crippen LogP contribution in [0.2, 0.25) is 0 Å². The van der Waals surface area contributed by atoms with Crippen LogP contribution in [0.4, 0.5) is 0 Å². The molecule has 1 saturated carbocycles. The third-order valence-corrected chi connectivity index (χ3v) is 2.17. The fraction of sp³-hybridized carbons (Fsp3) is 1.00. The molecule has 0 amide bonds. The average molecular weight is 128 g/mol. The van der Waals surface area contributed by atoms with E-state index in [1.54, 1.807) is 0 Å². The maximum absolute atomic E-state index is 5.32. The third kappa shape index (κ3) is 1.95. The molecule has 0 aromatic heterocycles. The molecule has 0 spiro atoms. The van der Waals surface area contributed by atoms with Gasteiger partial charge in [0.05, 0.1) is 0 Å². The van der Waals surface area contributed by atoms with Gasteiger partial charge in [0.1, 0.15) is 0 Å². The summed E-state index contributed by atoms with van der Waals surface area (Å²) in [5.41, 5.74) is 2.83. The second kappa shape index (κ2) is 3.18. The Morgan fingerprint density at radius 3 is 2.67 bits per heavy atom. The van der Waals surface area contributed by atoms with Gasteiger partial charge in [0, 0.05) is 6.04 Å². The van der Waals surface area contributed by atoms with Crippen molar-refractivity contribution in [2.24, 2.45) is 11.8 Å². The van der Waals surface area contributed by atoms with E-state index in [1.807, 2.05) is 0 Å². The summed E-state index contributed by atoms with van der Waals surface area (Å²) in [6.45, 7) is 2.30. The summed E-state index contributed by atoms with van der Waals surface area (Å²) in [6, 6.07) is 0.591. The molecule has 2 nitrogen and oxygen atoms in total. The molecular formula is C7H16N2. The molecular weight excluding hydrogens is 112 g/mol. The lowest BCUT2D eigenvalue weighted by atomic mass is 9.87. The minimum Gasteiger partial charge on any atom is -0.271 e. The topological polar surface area (TPSA) is 38.0 Å². The van der Waals surface area contributed by atoms with Crippen molar-refractivity contribution in [3.8, 4) is 0 Å². The normalized spacial score (nSPS) is 36.7. The first kappa shape index (κ1) is 7.03. The maximum atomic E-state index is 5.32. The van der Waals surface area contributed by atoms with Crippen LogP contribution in [0.1, 0.15) is 32.6 Å². The summed E-state index contributed by atoms with van der Waals surface area (Å²) in [5.74, 6) is 6.19. The molecule has 3 N–H and O–H groups in total. The van der Waals surface area contributed by atoms with E-state index in [0.717, 1.165) is 5.92 Å². The Balaban J connectivity index is 2.23. The van der Waals surface area contributed by atoms with E-state index in [9.17, 15) is 0 Å². The van der Waals surface area contributed by atoms with Gasteiger partial charge in [-0.05, 0) is 18.8 Å². The predicted octanol–water partition coefficient (Wildman–Crippen LogP) is 1.03. The van der Waals surface area contributed by atoms with Gasteiger partial charge < -0.3 is 0 Å². The summed E-state index contributed by atoms with van der Waals surface area (Å²) in [5, 5.41) is 0. The number of nitrogens with two attached hydrogens (primary N) is 1. The van der Waals surface area contributed by atoms with E-state index in [1.165, 1.54) is 25.7 Å². The Kier molecular flexibility index (Phi) is 2.49. The van der Waals surface area contributed by atoms with Crippen LogP contribution in [0.25, 0.3) is 0 Å². The van der Waals surface area contributed by atoms with Crippen LogP contribution in [0, 0.1) is 5.92 Å². The molecule has 1 rings (SSSR count). The van der Waals surface area contributed by atoms with E-state index in [0.29, 0.717) is 6.04 Å². The van der Waals surface area contributed by atoms with Crippen LogP contribution in [0.5, 0.6) is 0 Å². The zero-order valence-electron chi connectivity index (χ0n) is 6.06. The predicted molar refractivity (Wildman–Crippen MR) is 38.7 cm³/mol. The van der Waals surface area contributed by atoms with Gasteiger partial charge in [-0.3, -0.25) is 11.3 Å². The van der Waals surface area contributed by atoms with Crippen LogP contribution >= 0.6 is 0 Å². The molecule has 1 aliphatic rings. The Labute approximate surface area is 56.8 Å². The standard InChI is InChI=1S/C7H16N2/c1-6-3-2-4-7(5-6)9-8/h6-7,9H,2-5,8H2,1H3. The Morgan fingerprint density at radius 2 is 2.22 bits per heavy atom. The van der Waals surface area contributed by atoms with Gasteiger partial charge in [0.15, 0.2) is 0 Å². The number of hydrogen-bond donors (Lipinski definition) is 2. The lowest BCUT2D eigenvalue weighted by Crippen LogP contribution is -2.38. The zero-order valence-corrected chi connectivity index (χ0v) is 6.06. The molecule has 0 bridgehead atoms. The highest BCUT2D eigenvalue weighted by molar-refractivity contribution is 4.73. The van der Waals surface area contributed by atoms with Gasteiger partial charge in [-0.25, -0.2) is 0 Å². The molecule has 0 saturated heterocycles. The van der Waals surface area contributed by atoms with Crippen molar-refractivity contribution >= 4 is 0 Å². The molecule has 0 heterocycles. The van der Waals surface area contributed by atoms with Crippen LogP contribution in [0.15, 0.2) is 0 Å². The van der Waals surface area contributed by atoms with E-state index in [2.05, 4.69) is 12.3 Å². The molecule has 1 fully saturated rings. The highest BCUT2D eigenvalue weighted by Gasteiger charge is 2.16. The smallest absolute Gasteiger partial charge is 0.0213 e. The van der Waals surface area contributed by atoms with E-state index < -0.39 is 0 Å². The van der Waals surface area contributed by atoms with Crippen LogP contribution in [-0.4, -0.2) is 6.04 Å². The molecule has 2 atom stereocenters. The monoisotopic (exact) mass is 128 g/mol. The molecule has 0 aromatic carbocycles. The van der Waals surface area contributed by atoms with Crippen LogP contribution in [0.3, 0.4) is 0 Å². The van der Waals surface area contributed by atoms with Gasteiger partial charge in [-0.2, -0.15) is 0 Å². The first-order valence-corrected chi connectivity index (χ1v) is 3.79. The first-order chi connectivity index (χ1) is 4.33. The van der Waals surface area contributed by atoms with Crippen molar-refractivity contribution < 1.29 is 0 Å². The summed E-state index contributed by atoms with van der Waals surface area (Å²) in [7, 11) is 0. The van der Waals surface area contributed by atoms with Crippen LogP contribution < -0.4 is 11.3 Å². The van der Waals surface area contributed by atoms with Crippen molar-refractivity contribution in [3.05, 3.63) is 0 Å². The zero-order chi connectivity index (χ0) is 6.69. The second-order valence-electron chi connectivity index (χ2n) is 3.14. The number of hydrogen-bond acceptors (Lipinski definition) is 2. The molecule has 2 heteroatoms. The van der Waals surface area contributed by atoms with Crippen LogP contribution in [-0.2, 0) is 0 Å². The summed E-state index contributed by atoms with van der Waals surface area (Å²) in [6.07, 6.45) is 5.26. The highest BCUT2D eigenvalue weighted by atomic mass is 15.2.